The number of hydrogen-bond donors (Lipinski definition) is 2. The fourth-order valence-electron chi connectivity index (χ4n) is 3.29. The maximum absolute atomic E-state index is 13.6. The number of rotatable bonds is 8. The number of carboxylic acid groups (broad SMARTS) is 1. The average Bonchev–Trinajstić information content (AvgIpc) is 2.54. The second-order valence-corrected chi connectivity index (χ2v) is 9.42. The molecule has 2 rings (SSSR count). The molecule has 0 bridgehead atoms. The van der Waals surface area contributed by atoms with Crippen LogP contribution < -0.4 is 0 Å². The maximum atomic E-state index is 13.6. The maximum Gasteiger partial charge on any atom is 0.306 e. The molecule has 2 aromatic carbocycles. The van der Waals surface area contributed by atoms with Gasteiger partial charge >= 0.3 is 5.97 Å². The number of aliphatic hydroxyl groups excluding tert-OH is 1. The molecule has 1 atom stereocenters. The Hall–Kier alpha value is -2.25. The molecule has 152 valence electrons. The number of aliphatic hydroxyl groups is 1. The lowest BCUT2D eigenvalue weighted by Crippen LogP contribution is -2.26. The van der Waals surface area contributed by atoms with Gasteiger partial charge in [-0.2, -0.15) is 0 Å². The zero-order chi connectivity index (χ0) is 21.1. The van der Waals surface area contributed by atoms with E-state index < -0.39 is 34.1 Å². The van der Waals surface area contributed by atoms with Gasteiger partial charge in [0.15, 0.2) is 9.84 Å². The van der Waals surface area contributed by atoms with E-state index in [1.54, 1.807) is 19.1 Å². The van der Waals surface area contributed by atoms with Gasteiger partial charge in [-0.1, -0.05) is 23.8 Å². The van der Waals surface area contributed by atoms with Crippen molar-refractivity contribution in [3.05, 3.63) is 58.4 Å². The van der Waals surface area contributed by atoms with Crippen LogP contribution in [0.2, 0.25) is 0 Å². The summed E-state index contributed by atoms with van der Waals surface area (Å²) in [4.78, 5) is 10.6. The summed E-state index contributed by atoms with van der Waals surface area (Å²) in [7, 11) is -3.64. The Kier molecular flexibility index (Phi) is 6.96. The number of halogens is 1. The fourth-order valence-corrected chi connectivity index (χ4v) is 4.68. The number of hydrogen-bond acceptors (Lipinski definition) is 4. The van der Waals surface area contributed by atoms with Crippen molar-refractivity contribution in [3.8, 4) is 11.1 Å². The summed E-state index contributed by atoms with van der Waals surface area (Å²) in [6, 6.07) is 8.70. The number of aryl methyl sites for hydroxylation is 3. The second kappa shape index (κ2) is 8.84. The lowest BCUT2D eigenvalue weighted by Gasteiger charge is -2.16. The molecular weight excluding hydrogens is 383 g/mol. The second-order valence-electron chi connectivity index (χ2n) is 7.19. The highest BCUT2D eigenvalue weighted by atomic mass is 32.2. The molecule has 0 aliphatic heterocycles. The first-order valence-corrected chi connectivity index (χ1v) is 10.8. The summed E-state index contributed by atoms with van der Waals surface area (Å²) in [5.74, 6) is -2.34. The van der Waals surface area contributed by atoms with Crippen LogP contribution in [0.5, 0.6) is 0 Å². The normalized spacial score (nSPS) is 12.8. The van der Waals surface area contributed by atoms with Crippen LogP contribution in [0.4, 0.5) is 4.39 Å². The number of sulfone groups is 1. The predicted molar refractivity (Wildman–Crippen MR) is 107 cm³/mol. The zero-order valence-electron chi connectivity index (χ0n) is 16.2. The first-order chi connectivity index (χ1) is 13.0. The third-order valence-corrected chi connectivity index (χ3v) is 6.32. The Morgan fingerprint density at radius 1 is 1.11 bits per heavy atom. The van der Waals surface area contributed by atoms with Crippen LogP contribution in [0, 0.1) is 26.6 Å². The zero-order valence-corrected chi connectivity index (χ0v) is 17.0. The number of carbonyl (C=O) groups is 1. The largest absolute Gasteiger partial charge is 0.481 e. The number of benzene rings is 2. The van der Waals surface area contributed by atoms with Crippen LogP contribution in [-0.4, -0.2) is 42.2 Å². The highest BCUT2D eigenvalue weighted by Crippen LogP contribution is 2.30. The van der Waals surface area contributed by atoms with E-state index >= 15 is 0 Å². The van der Waals surface area contributed by atoms with Gasteiger partial charge in [0.25, 0.3) is 0 Å². The Labute approximate surface area is 164 Å². The number of carboxylic acids is 1. The Morgan fingerprint density at radius 3 is 2.39 bits per heavy atom. The van der Waals surface area contributed by atoms with Crippen LogP contribution in [-0.2, 0) is 21.1 Å². The van der Waals surface area contributed by atoms with E-state index in [0.29, 0.717) is 5.56 Å². The van der Waals surface area contributed by atoms with Crippen molar-refractivity contribution in [2.75, 3.05) is 11.5 Å². The Morgan fingerprint density at radius 2 is 1.79 bits per heavy atom. The SMILES string of the molecule is Cc1cc(C)c(CCS(=O)(=O)CC(O)CC(=O)O)c(-c2ccc(F)c(C)c2)c1. The molecule has 7 heteroatoms. The molecule has 0 aliphatic rings. The van der Waals surface area contributed by atoms with Crippen LogP contribution in [0.1, 0.15) is 28.7 Å². The van der Waals surface area contributed by atoms with E-state index in [1.165, 1.54) is 6.07 Å². The molecule has 0 radical (unpaired) electrons. The third kappa shape index (κ3) is 5.87. The van der Waals surface area contributed by atoms with Crippen molar-refractivity contribution in [1.29, 1.82) is 0 Å². The van der Waals surface area contributed by atoms with E-state index in [0.717, 1.165) is 27.8 Å². The molecular formula is C21H25FO5S. The minimum absolute atomic E-state index is 0.208. The summed E-state index contributed by atoms with van der Waals surface area (Å²) in [5.41, 5.74) is 4.95. The van der Waals surface area contributed by atoms with Gasteiger partial charge in [0.1, 0.15) is 5.82 Å². The monoisotopic (exact) mass is 408 g/mol. The highest BCUT2D eigenvalue weighted by Gasteiger charge is 2.21. The van der Waals surface area contributed by atoms with Gasteiger partial charge in [-0.25, -0.2) is 12.8 Å². The molecule has 1 unspecified atom stereocenters. The lowest BCUT2D eigenvalue weighted by molar-refractivity contribution is -0.138. The molecule has 5 nitrogen and oxygen atoms in total. The summed E-state index contributed by atoms with van der Waals surface area (Å²) in [5, 5.41) is 18.3. The Bertz CT molecular complexity index is 983. The number of aliphatic carboxylic acids is 1. The molecule has 0 aromatic heterocycles. The van der Waals surface area contributed by atoms with Crippen molar-refractivity contribution >= 4 is 15.8 Å². The molecule has 0 fully saturated rings. The predicted octanol–water partition coefficient (Wildman–Crippen LogP) is 3.21. The van der Waals surface area contributed by atoms with E-state index in [9.17, 15) is 22.7 Å². The molecule has 2 aromatic rings. The molecule has 0 saturated heterocycles. The van der Waals surface area contributed by atoms with Gasteiger partial charge in [-0.15, -0.1) is 0 Å². The standard InChI is InChI=1S/C21H25FO5S/c1-13-8-14(2)18(6-7-28(26,27)12-17(23)11-21(24)25)19(9-13)16-4-5-20(22)15(3)10-16/h4-5,8-10,17,23H,6-7,11-12H2,1-3H3,(H,24,25). The Balaban J connectivity index is 2.30. The van der Waals surface area contributed by atoms with Gasteiger partial charge in [0, 0.05) is 0 Å². The first-order valence-electron chi connectivity index (χ1n) is 8.95. The molecule has 0 aliphatic carbocycles. The summed E-state index contributed by atoms with van der Waals surface area (Å²) in [6.07, 6.45) is -1.82. The van der Waals surface area contributed by atoms with Gasteiger partial charge in [0.2, 0.25) is 0 Å². The quantitative estimate of drug-likeness (QED) is 0.700. The van der Waals surface area contributed by atoms with Gasteiger partial charge in [-0.3, -0.25) is 4.79 Å². The lowest BCUT2D eigenvalue weighted by atomic mass is 9.91. The van der Waals surface area contributed by atoms with Crippen molar-refractivity contribution in [3.63, 3.8) is 0 Å². The summed E-state index contributed by atoms with van der Waals surface area (Å²) < 4.78 is 38.3. The van der Waals surface area contributed by atoms with Crippen molar-refractivity contribution in [2.45, 2.75) is 39.7 Å². The van der Waals surface area contributed by atoms with E-state index in [2.05, 4.69) is 0 Å². The van der Waals surface area contributed by atoms with E-state index in [4.69, 9.17) is 5.11 Å². The van der Waals surface area contributed by atoms with Gasteiger partial charge in [0.05, 0.1) is 24.0 Å². The first kappa shape index (κ1) is 22.0. The van der Waals surface area contributed by atoms with E-state index in [1.807, 2.05) is 26.0 Å². The summed E-state index contributed by atoms with van der Waals surface area (Å²) >= 11 is 0. The van der Waals surface area contributed by atoms with Crippen LogP contribution in [0.25, 0.3) is 11.1 Å². The summed E-state index contributed by atoms with van der Waals surface area (Å²) in [6.45, 7) is 5.51. The van der Waals surface area contributed by atoms with Crippen molar-refractivity contribution < 1.29 is 27.8 Å². The third-order valence-electron chi connectivity index (χ3n) is 4.61. The minimum atomic E-state index is -3.64. The molecule has 2 N–H and O–H groups in total. The smallest absolute Gasteiger partial charge is 0.306 e. The molecule has 0 heterocycles. The molecule has 0 saturated carbocycles. The molecule has 0 spiro atoms. The molecule has 28 heavy (non-hydrogen) atoms. The van der Waals surface area contributed by atoms with Gasteiger partial charge < -0.3 is 10.2 Å². The van der Waals surface area contributed by atoms with E-state index in [-0.39, 0.29) is 18.0 Å². The van der Waals surface area contributed by atoms with Crippen LogP contribution in [0.3, 0.4) is 0 Å². The average molecular weight is 408 g/mol. The van der Waals surface area contributed by atoms with Crippen LogP contribution >= 0.6 is 0 Å². The topological polar surface area (TPSA) is 91.7 Å². The fraction of sp³-hybridized carbons (Fsp3) is 0.381. The van der Waals surface area contributed by atoms with Gasteiger partial charge in [-0.05, 0) is 67.1 Å². The minimum Gasteiger partial charge on any atom is -0.481 e. The van der Waals surface area contributed by atoms with Crippen molar-refractivity contribution in [2.24, 2.45) is 0 Å². The highest BCUT2D eigenvalue weighted by molar-refractivity contribution is 7.91. The van der Waals surface area contributed by atoms with Crippen LogP contribution in [0.15, 0.2) is 30.3 Å². The molecule has 0 amide bonds. The van der Waals surface area contributed by atoms with Crippen molar-refractivity contribution in [1.82, 2.24) is 0 Å².